The molecule has 0 saturated heterocycles. The molecule has 1 aromatic carbocycles. The van der Waals surface area contributed by atoms with Crippen LogP contribution in [0.1, 0.15) is 12.5 Å². The number of rotatable bonds is 4. The van der Waals surface area contributed by atoms with Gasteiger partial charge < -0.3 is 15.7 Å². The fourth-order valence-electron chi connectivity index (χ4n) is 1.43. The van der Waals surface area contributed by atoms with E-state index < -0.39 is 0 Å². The van der Waals surface area contributed by atoms with Gasteiger partial charge in [0.15, 0.2) is 0 Å². The van der Waals surface area contributed by atoms with Gasteiger partial charge in [0, 0.05) is 31.7 Å². The maximum atomic E-state index is 9.37. The summed E-state index contributed by atoms with van der Waals surface area (Å²) in [5.41, 5.74) is 7.57. The summed E-state index contributed by atoms with van der Waals surface area (Å²) in [6.45, 7) is 2.49. The lowest BCUT2D eigenvalue weighted by Gasteiger charge is -2.27. The van der Waals surface area contributed by atoms with Gasteiger partial charge in [-0.15, -0.1) is 0 Å². The van der Waals surface area contributed by atoms with Gasteiger partial charge in [-0.2, -0.15) is 0 Å². The Bertz CT molecular complexity index is 319. The van der Waals surface area contributed by atoms with Gasteiger partial charge in [0.25, 0.3) is 0 Å². The Hall–Kier alpha value is -1.06. The first-order valence-electron chi connectivity index (χ1n) is 5.12. The fourth-order valence-corrected chi connectivity index (χ4v) is 1.43. The number of benzene rings is 1. The molecule has 0 saturated carbocycles. The molecule has 1 aromatic rings. The molecular formula is C12H20N2O. The van der Waals surface area contributed by atoms with Crippen LogP contribution in [-0.4, -0.2) is 32.4 Å². The van der Waals surface area contributed by atoms with Crippen molar-refractivity contribution >= 4 is 5.69 Å². The van der Waals surface area contributed by atoms with Gasteiger partial charge in [0.05, 0.1) is 6.61 Å². The standard InChI is InChI=1S/C12H20N2O/c1-12(8-13,9-15)10-5-4-6-11(7-10)14(2)3/h4-7,15H,8-9,13H2,1-3H3. The second kappa shape index (κ2) is 4.64. The van der Waals surface area contributed by atoms with E-state index in [0.717, 1.165) is 11.3 Å². The molecule has 0 spiro atoms. The molecule has 84 valence electrons. The molecule has 3 nitrogen and oxygen atoms in total. The predicted molar refractivity (Wildman–Crippen MR) is 64.3 cm³/mol. The average Bonchev–Trinajstić information content (AvgIpc) is 2.28. The van der Waals surface area contributed by atoms with E-state index in [9.17, 15) is 5.11 Å². The van der Waals surface area contributed by atoms with Crippen molar-refractivity contribution < 1.29 is 5.11 Å². The third-order valence-corrected chi connectivity index (χ3v) is 2.86. The van der Waals surface area contributed by atoms with Gasteiger partial charge in [-0.1, -0.05) is 19.1 Å². The maximum Gasteiger partial charge on any atom is 0.0537 e. The van der Waals surface area contributed by atoms with Crippen molar-refractivity contribution in [1.82, 2.24) is 0 Å². The number of aliphatic hydroxyl groups excluding tert-OH is 1. The lowest BCUT2D eigenvalue weighted by Crippen LogP contribution is -2.35. The van der Waals surface area contributed by atoms with E-state index in [1.807, 2.05) is 44.1 Å². The summed E-state index contributed by atoms with van der Waals surface area (Å²) in [6.07, 6.45) is 0. The van der Waals surface area contributed by atoms with Crippen molar-refractivity contribution in [2.45, 2.75) is 12.3 Å². The molecule has 0 amide bonds. The zero-order chi connectivity index (χ0) is 11.5. The summed E-state index contributed by atoms with van der Waals surface area (Å²) >= 11 is 0. The molecular weight excluding hydrogens is 188 g/mol. The van der Waals surface area contributed by atoms with Crippen LogP contribution in [0.3, 0.4) is 0 Å². The highest BCUT2D eigenvalue weighted by Gasteiger charge is 2.24. The highest BCUT2D eigenvalue weighted by atomic mass is 16.3. The van der Waals surface area contributed by atoms with Gasteiger partial charge in [-0.25, -0.2) is 0 Å². The van der Waals surface area contributed by atoms with E-state index in [-0.39, 0.29) is 12.0 Å². The number of nitrogens with two attached hydrogens (primary N) is 1. The van der Waals surface area contributed by atoms with Crippen LogP contribution in [-0.2, 0) is 5.41 Å². The number of hydrogen-bond donors (Lipinski definition) is 2. The summed E-state index contributed by atoms with van der Waals surface area (Å²) in [7, 11) is 4.00. The molecule has 0 aliphatic carbocycles. The van der Waals surface area contributed by atoms with Crippen LogP contribution < -0.4 is 10.6 Å². The second-order valence-corrected chi connectivity index (χ2v) is 4.37. The zero-order valence-corrected chi connectivity index (χ0v) is 9.70. The first kappa shape index (κ1) is 12.0. The Morgan fingerprint density at radius 2 is 2.07 bits per heavy atom. The highest BCUT2D eigenvalue weighted by Crippen LogP contribution is 2.25. The van der Waals surface area contributed by atoms with Crippen molar-refractivity contribution in [2.24, 2.45) is 5.73 Å². The predicted octanol–water partition coefficient (Wildman–Crippen LogP) is 0.961. The van der Waals surface area contributed by atoms with E-state index >= 15 is 0 Å². The number of anilines is 1. The van der Waals surface area contributed by atoms with Crippen molar-refractivity contribution in [3.63, 3.8) is 0 Å². The van der Waals surface area contributed by atoms with E-state index in [2.05, 4.69) is 6.07 Å². The van der Waals surface area contributed by atoms with Crippen molar-refractivity contribution in [2.75, 3.05) is 32.1 Å². The SMILES string of the molecule is CN(C)c1cccc(C(C)(CN)CO)c1. The third-order valence-electron chi connectivity index (χ3n) is 2.86. The summed E-state index contributed by atoms with van der Waals surface area (Å²) in [5, 5.41) is 9.37. The van der Waals surface area contributed by atoms with E-state index in [1.54, 1.807) is 0 Å². The molecule has 1 unspecified atom stereocenters. The Kier molecular flexibility index (Phi) is 3.72. The largest absolute Gasteiger partial charge is 0.395 e. The van der Waals surface area contributed by atoms with E-state index in [4.69, 9.17) is 5.73 Å². The van der Waals surface area contributed by atoms with Crippen LogP contribution >= 0.6 is 0 Å². The van der Waals surface area contributed by atoms with Crippen LogP contribution in [0.4, 0.5) is 5.69 Å². The first-order chi connectivity index (χ1) is 7.03. The molecule has 3 N–H and O–H groups in total. The minimum absolute atomic E-state index is 0.0698. The van der Waals surface area contributed by atoms with Gasteiger partial charge in [0.2, 0.25) is 0 Å². The Morgan fingerprint density at radius 3 is 2.53 bits per heavy atom. The molecule has 0 radical (unpaired) electrons. The fraction of sp³-hybridized carbons (Fsp3) is 0.500. The van der Waals surface area contributed by atoms with E-state index in [1.165, 1.54) is 0 Å². The van der Waals surface area contributed by atoms with Crippen molar-refractivity contribution in [3.8, 4) is 0 Å². The van der Waals surface area contributed by atoms with Gasteiger partial charge >= 0.3 is 0 Å². The van der Waals surface area contributed by atoms with Crippen molar-refractivity contribution in [3.05, 3.63) is 29.8 Å². The number of hydrogen-bond acceptors (Lipinski definition) is 3. The third kappa shape index (κ3) is 2.49. The van der Waals surface area contributed by atoms with Crippen molar-refractivity contribution in [1.29, 1.82) is 0 Å². The molecule has 0 fully saturated rings. The maximum absolute atomic E-state index is 9.37. The normalized spacial score (nSPS) is 14.7. The highest BCUT2D eigenvalue weighted by molar-refractivity contribution is 5.49. The lowest BCUT2D eigenvalue weighted by atomic mass is 9.83. The van der Waals surface area contributed by atoms with Crippen LogP contribution in [0.5, 0.6) is 0 Å². The summed E-state index contributed by atoms with van der Waals surface area (Å²) < 4.78 is 0. The molecule has 0 aliphatic rings. The molecule has 15 heavy (non-hydrogen) atoms. The summed E-state index contributed by atoms with van der Waals surface area (Å²) in [5.74, 6) is 0. The molecule has 1 atom stereocenters. The minimum atomic E-state index is -0.341. The number of nitrogens with zero attached hydrogens (tertiary/aromatic N) is 1. The van der Waals surface area contributed by atoms with E-state index in [0.29, 0.717) is 6.54 Å². The first-order valence-corrected chi connectivity index (χ1v) is 5.12. The lowest BCUT2D eigenvalue weighted by molar-refractivity contribution is 0.210. The zero-order valence-electron chi connectivity index (χ0n) is 9.70. The molecule has 0 aliphatic heterocycles. The summed E-state index contributed by atoms with van der Waals surface area (Å²) in [4.78, 5) is 2.04. The van der Waals surface area contributed by atoms with Gasteiger partial charge in [0.1, 0.15) is 0 Å². The van der Waals surface area contributed by atoms with Crippen LogP contribution in [0.15, 0.2) is 24.3 Å². The van der Waals surface area contributed by atoms with Gasteiger partial charge in [-0.3, -0.25) is 0 Å². The van der Waals surface area contributed by atoms with Crippen LogP contribution in [0.25, 0.3) is 0 Å². The molecule has 1 rings (SSSR count). The second-order valence-electron chi connectivity index (χ2n) is 4.37. The summed E-state index contributed by atoms with van der Waals surface area (Å²) in [6, 6.07) is 8.12. The monoisotopic (exact) mass is 208 g/mol. The quantitative estimate of drug-likeness (QED) is 0.775. The molecule has 0 aromatic heterocycles. The Labute approximate surface area is 91.5 Å². The Balaban J connectivity index is 3.09. The van der Waals surface area contributed by atoms with Gasteiger partial charge in [-0.05, 0) is 17.7 Å². The smallest absolute Gasteiger partial charge is 0.0537 e. The topological polar surface area (TPSA) is 49.5 Å². The minimum Gasteiger partial charge on any atom is -0.395 e. The van der Waals surface area contributed by atoms with Crippen LogP contribution in [0.2, 0.25) is 0 Å². The molecule has 0 bridgehead atoms. The molecule has 0 heterocycles. The Morgan fingerprint density at radius 1 is 1.40 bits per heavy atom. The molecule has 3 heteroatoms. The van der Waals surface area contributed by atoms with Crippen LogP contribution in [0, 0.1) is 0 Å². The number of aliphatic hydroxyl groups is 1. The average molecular weight is 208 g/mol.